The summed E-state index contributed by atoms with van der Waals surface area (Å²) in [5.74, 6) is 1.36. The van der Waals surface area contributed by atoms with Crippen molar-refractivity contribution in [3.8, 4) is 0 Å². The van der Waals surface area contributed by atoms with Crippen molar-refractivity contribution in [1.29, 1.82) is 0 Å². The Labute approximate surface area is 148 Å². The Hall–Kier alpha value is -2.45. The molecule has 0 atom stereocenters. The number of carbonyl (C=O) groups excluding carboxylic acids is 1. The predicted octanol–water partition coefficient (Wildman–Crippen LogP) is 2.70. The van der Waals surface area contributed by atoms with Crippen molar-refractivity contribution < 1.29 is 18.0 Å². The molecule has 0 saturated heterocycles. The minimum atomic E-state index is -4.52. The van der Waals surface area contributed by atoms with Crippen LogP contribution in [0.25, 0.3) is 0 Å². The van der Waals surface area contributed by atoms with E-state index in [1.807, 2.05) is 0 Å². The molecule has 1 amide bonds. The van der Waals surface area contributed by atoms with Gasteiger partial charge in [-0.3, -0.25) is 4.79 Å². The summed E-state index contributed by atoms with van der Waals surface area (Å²) in [7, 11) is 0. The minimum absolute atomic E-state index is 0.0497. The van der Waals surface area contributed by atoms with E-state index in [2.05, 4.69) is 25.1 Å². The molecule has 0 aromatic carbocycles. The Morgan fingerprint density at radius 3 is 2.77 bits per heavy atom. The molecule has 0 fully saturated rings. The summed E-state index contributed by atoms with van der Waals surface area (Å²) in [4.78, 5) is 15.7. The van der Waals surface area contributed by atoms with E-state index in [-0.39, 0.29) is 11.3 Å². The van der Waals surface area contributed by atoms with E-state index in [0.29, 0.717) is 13.0 Å². The molecule has 26 heavy (non-hydrogen) atoms. The zero-order valence-electron chi connectivity index (χ0n) is 14.4. The monoisotopic (exact) mass is 367 g/mol. The third-order valence-corrected chi connectivity index (χ3v) is 4.44. The van der Waals surface area contributed by atoms with E-state index in [1.165, 1.54) is 13.3 Å². The van der Waals surface area contributed by atoms with Crippen molar-refractivity contribution in [2.45, 2.75) is 51.7 Å². The van der Waals surface area contributed by atoms with Crippen LogP contribution >= 0.6 is 0 Å². The van der Waals surface area contributed by atoms with Gasteiger partial charge < -0.3 is 9.88 Å². The number of nitrogens with one attached hydrogen (secondary N) is 1. The summed E-state index contributed by atoms with van der Waals surface area (Å²) in [6.45, 7) is 2.60. The van der Waals surface area contributed by atoms with Gasteiger partial charge >= 0.3 is 6.18 Å². The molecular formula is C17H20F3N5O. The molecule has 0 unspecified atom stereocenters. The van der Waals surface area contributed by atoms with E-state index in [9.17, 15) is 18.0 Å². The van der Waals surface area contributed by atoms with Gasteiger partial charge in [-0.15, -0.1) is 10.2 Å². The SMILES string of the molecule is Cc1nc(C(F)(F)F)ccc1C(=O)NCCc1nnc2n1CCCCC2. The van der Waals surface area contributed by atoms with Crippen LogP contribution < -0.4 is 5.32 Å². The van der Waals surface area contributed by atoms with Gasteiger partial charge in [0.1, 0.15) is 17.3 Å². The summed E-state index contributed by atoms with van der Waals surface area (Å²) in [5, 5.41) is 11.1. The smallest absolute Gasteiger partial charge is 0.352 e. The highest BCUT2D eigenvalue weighted by atomic mass is 19.4. The number of hydrogen-bond donors (Lipinski definition) is 1. The average molecular weight is 367 g/mol. The maximum absolute atomic E-state index is 12.6. The van der Waals surface area contributed by atoms with Crippen LogP contribution in [0.1, 0.15) is 52.7 Å². The molecule has 1 aliphatic heterocycles. The number of alkyl halides is 3. The van der Waals surface area contributed by atoms with Crippen LogP contribution in [0, 0.1) is 6.92 Å². The van der Waals surface area contributed by atoms with Gasteiger partial charge in [-0.05, 0) is 31.9 Å². The van der Waals surface area contributed by atoms with E-state index in [1.54, 1.807) is 0 Å². The molecule has 2 aromatic rings. The van der Waals surface area contributed by atoms with Crippen LogP contribution in [-0.2, 0) is 25.6 Å². The van der Waals surface area contributed by atoms with Gasteiger partial charge in [0.25, 0.3) is 5.91 Å². The molecule has 0 spiro atoms. The summed E-state index contributed by atoms with van der Waals surface area (Å²) < 4.78 is 40.0. The molecule has 0 aliphatic carbocycles. The maximum Gasteiger partial charge on any atom is 0.433 e. The number of pyridine rings is 1. The Balaban J connectivity index is 1.61. The Bertz CT molecular complexity index is 800. The van der Waals surface area contributed by atoms with E-state index >= 15 is 0 Å². The van der Waals surface area contributed by atoms with Gasteiger partial charge in [-0.25, -0.2) is 4.98 Å². The lowest BCUT2D eigenvalue weighted by molar-refractivity contribution is -0.141. The second kappa shape index (κ2) is 7.43. The number of fused-ring (bicyclic) bond motifs is 1. The van der Waals surface area contributed by atoms with Gasteiger partial charge in [0.15, 0.2) is 0 Å². The van der Waals surface area contributed by atoms with Gasteiger partial charge in [0.2, 0.25) is 0 Å². The first-order valence-corrected chi connectivity index (χ1v) is 8.60. The Morgan fingerprint density at radius 2 is 2.04 bits per heavy atom. The fraction of sp³-hybridized carbons (Fsp3) is 0.529. The molecule has 1 aliphatic rings. The molecule has 0 bridgehead atoms. The van der Waals surface area contributed by atoms with E-state index in [4.69, 9.17) is 0 Å². The number of carbonyl (C=O) groups is 1. The first-order valence-electron chi connectivity index (χ1n) is 8.60. The topological polar surface area (TPSA) is 72.7 Å². The van der Waals surface area contributed by atoms with Gasteiger partial charge in [-0.1, -0.05) is 6.42 Å². The summed E-state index contributed by atoms with van der Waals surface area (Å²) in [6.07, 6.45) is 0.266. The molecule has 0 radical (unpaired) electrons. The van der Waals surface area contributed by atoms with Crippen LogP contribution in [-0.4, -0.2) is 32.2 Å². The lowest BCUT2D eigenvalue weighted by Crippen LogP contribution is -2.27. The number of amides is 1. The predicted molar refractivity (Wildman–Crippen MR) is 87.6 cm³/mol. The lowest BCUT2D eigenvalue weighted by Gasteiger charge is -2.11. The van der Waals surface area contributed by atoms with Crippen molar-refractivity contribution in [1.82, 2.24) is 25.1 Å². The highest BCUT2D eigenvalue weighted by molar-refractivity contribution is 5.95. The number of aromatic nitrogens is 4. The molecule has 140 valence electrons. The summed E-state index contributed by atoms with van der Waals surface area (Å²) in [5.41, 5.74) is -0.815. The van der Waals surface area contributed by atoms with Crippen molar-refractivity contribution >= 4 is 5.91 Å². The highest BCUT2D eigenvalue weighted by Crippen LogP contribution is 2.28. The zero-order chi connectivity index (χ0) is 18.7. The van der Waals surface area contributed by atoms with Crippen molar-refractivity contribution in [3.63, 3.8) is 0 Å². The van der Waals surface area contributed by atoms with Gasteiger partial charge in [-0.2, -0.15) is 13.2 Å². The van der Waals surface area contributed by atoms with Crippen molar-refractivity contribution in [2.24, 2.45) is 0 Å². The van der Waals surface area contributed by atoms with Crippen molar-refractivity contribution in [2.75, 3.05) is 6.54 Å². The molecule has 0 saturated carbocycles. The highest BCUT2D eigenvalue weighted by Gasteiger charge is 2.33. The normalized spacial score (nSPS) is 14.6. The number of hydrogen-bond acceptors (Lipinski definition) is 4. The Kier molecular flexibility index (Phi) is 5.24. The number of aryl methyl sites for hydroxylation is 2. The second-order valence-electron chi connectivity index (χ2n) is 6.33. The molecular weight excluding hydrogens is 347 g/mol. The van der Waals surface area contributed by atoms with Crippen LogP contribution in [0.15, 0.2) is 12.1 Å². The third kappa shape index (κ3) is 4.03. The molecule has 3 rings (SSSR count). The number of nitrogens with zero attached hydrogens (tertiary/aromatic N) is 4. The Morgan fingerprint density at radius 1 is 1.23 bits per heavy atom. The molecule has 1 N–H and O–H groups in total. The standard InChI is InChI=1S/C17H20F3N5O/c1-11-12(6-7-13(22-11)17(18,19)20)16(26)21-9-8-15-24-23-14-5-3-2-4-10-25(14)15/h6-7H,2-5,8-10H2,1H3,(H,21,26). The largest absolute Gasteiger partial charge is 0.433 e. The third-order valence-electron chi connectivity index (χ3n) is 4.44. The van der Waals surface area contributed by atoms with Crippen LogP contribution in [0.5, 0.6) is 0 Å². The molecule has 3 heterocycles. The number of rotatable bonds is 4. The first-order chi connectivity index (χ1) is 12.4. The van der Waals surface area contributed by atoms with E-state index < -0.39 is 17.8 Å². The quantitative estimate of drug-likeness (QED) is 0.902. The van der Waals surface area contributed by atoms with Gasteiger partial charge in [0, 0.05) is 25.9 Å². The zero-order valence-corrected chi connectivity index (χ0v) is 14.4. The molecule has 6 nitrogen and oxygen atoms in total. The second-order valence-corrected chi connectivity index (χ2v) is 6.33. The fourth-order valence-corrected chi connectivity index (χ4v) is 3.07. The number of halogens is 3. The van der Waals surface area contributed by atoms with Gasteiger partial charge in [0.05, 0.1) is 11.3 Å². The van der Waals surface area contributed by atoms with Crippen LogP contribution in [0.3, 0.4) is 0 Å². The lowest BCUT2D eigenvalue weighted by atomic mass is 10.1. The van der Waals surface area contributed by atoms with Crippen molar-refractivity contribution in [3.05, 3.63) is 40.7 Å². The van der Waals surface area contributed by atoms with E-state index in [0.717, 1.165) is 49.6 Å². The molecule has 9 heteroatoms. The van der Waals surface area contributed by atoms with Crippen LogP contribution in [0.4, 0.5) is 13.2 Å². The summed E-state index contributed by atoms with van der Waals surface area (Å²) in [6, 6.07) is 1.98. The maximum atomic E-state index is 12.6. The van der Waals surface area contributed by atoms with Crippen LogP contribution in [0.2, 0.25) is 0 Å². The molecule has 2 aromatic heterocycles. The fourth-order valence-electron chi connectivity index (χ4n) is 3.07. The summed E-state index contributed by atoms with van der Waals surface area (Å²) >= 11 is 0. The average Bonchev–Trinajstić information content (AvgIpc) is 2.81. The first kappa shape index (κ1) is 18.3. The minimum Gasteiger partial charge on any atom is -0.352 e.